The van der Waals surface area contributed by atoms with Gasteiger partial charge in [-0.05, 0) is 48.9 Å². The summed E-state index contributed by atoms with van der Waals surface area (Å²) in [4.78, 5) is 0. The van der Waals surface area contributed by atoms with E-state index < -0.39 is 0 Å². The van der Waals surface area contributed by atoms with E-state index in [2.05, 4.69) is 13.8 Å². The average molecular weight is 244 g/mol. The maximum Gasteiger partial charge on any atom is 0.123 e. The highest BCUT2D eigenvalue weighted by Crippen LogP contribution is 2.19. The Kier molecular flexibility index (Phi) is 5.23. The summed E-state index contributed by atoms with van der Waals surface area (Å²) in [7, 11) is 0. The van der Waals surface area contributed by atoms with E-state index in [1.165, 1.54) is 12.1 Å². The van der Waals surface area contributed by atoms with Crippen molar-refractivity contribution in [1.29, 1.82) is 0 Å². The number of halogens is 2. The highest BCUT2D eigenvalue weighted by atomic mass is 35.5. The quantitative estimate of drug-likeness (QED) is 0.837. The Labute approximate surface area is 102 Å². The summed E-state index contributed by atoms with van der Waals surface area (Å²) in [6.07, 6.45) is 2.68. The number of rotatable bonds is 5. The van der Waals surface area contributed by atoms with Gasteiger partial charge in [0.1, 0.15) is 5.82 Å². The van der Waals surface area contributed by atoms with E-state index in [-0.39, 0.29) is 11.9 Å². The molecule has 0 saturated heterocycles. The molecule has 0 saturated carbocycles. The van der Waals surface area contributed by atoms with Crippen LogP contribution in [0.4, 0.5) is 4.39 Å². The molecule has 16 heavy (non-hydrogen) atoms. The van der Waals surface area contributed by atoms with Crippen LogP contribution >= 0.6 is 11.6 Å². The van der Waals surface area contributed by atoms with E-state index in [1.807, 2.05) is 0 Å². The zero-order valence-electron chi connectivity index (χ0n) is 9.84. The van der Waals surface area contributed by atoms with Gasteiger partial charge in [0.2, 0.25) is 0 Å². The Morgan fingerprint density at radius 3 is 2.62 bits per heavy atom. The Morgan fingerprint density at radius 2 is 2.00 bits per heavy atom. The monoisotopic (exact) mass is 243 g/mol. The van der Waals surface area contributed by atoms with Crippen LogP contribution in [0.1, 0.15) is 32.3 Å². The molecule has 1 aromatic carbocycles. The minimum Gasteiger partial charge on any atom is -0.327 e. The van der Waals surface area contributed by atoms with E-state index in [4.69, 9.17) is 17.3 Å². The van der Waals surface area contributed by atoms with E-state index in [0.29, 0.717) is 17.4 Å². The van der Waals surface area contributed by atoms with Crippen molar-refractivity contribution in [2.24, 2.45) is 11.7 Å². The number of hydrogen-bond donors (Lipinski definition) is 1. The molecule has 0 bridgehead atoms. The molecule has 1 rings (SSSR count). The average Bonchev–Trinajstić information content (AvgIpc) is 2.20. The van der Waals surface area contributed by atoms with Crippen LogP contribution in [0.2, 0.25) is 5.02 Å². The molecule has 90 valence electrons. The van der Waals surface area contributed by atoms with Crippen LogP contribution in [0, 0.1) is 11.7 Å². The van der Waals surface area contributed by atoms with Crippen molar-refractivity contribution in [1.82, 2.24) is 0 Å². The second kappa shape index (κ2) is 6.21. The third kappa shape index (κ3) is 4.50. The second-order valence-corrected chi connectivity index (χ2v) is 5.08. The highest BCUT2D eigenvalue weighted by molar-refractivity contribution is 6.31. The lowest BCUT2D eigenvalue weighted by molar-refractivity contribution is 0.494. The molecule has 0 aromatic heterocycles. The lowest BCUT2D eigenvalue weighted by Gasteiger charge is -2.14. The molecule has 0 aliphatic rings. The van der Waals surface area contributed by atoms with Crippen molar-refractivity contribution in [3.8, 4) is 0 Å². The van der Waals surface area contributed by atoms with E-state index in [0.717, 1.165) is 18.4 Å². The molecule has 1 aromatic rings. The van der Waals surface area contributed by atoms with Crippen LogP contribution in [-0.2, 0) is 6.42 Å². The van der Waals surface area contributed by atoms with Crippen LogP contribution in [0.15, 0.2) is 18.2 Å². The lowest BCUT2D eigenvalue weighted by atomic mass is 9.98. The second-order valence-electron chi connectivity index (χ2n) is 4.67. The fourth-order valence-corrected chi connectivity index (χ4v) is 1.83. The highest BCUT2D eigenvalue weighted by Gasteiger charge is 2.09. The normalized spacial score (nSPS) is 13.1. The van der Waals surface area contributed by atoms with Crippen LogP contribution in [0.3, 0.4) is 0 Å². The smallest absolute Gasteiger partial charge is 0.123 e. The fourth-order valence-electron chi connectivity index (χ4n) is 1.63. The molecule has 1 unspecified atom stereocenters. The van der Waals surface area contributed by atoms with Crippen molar-refractivity contribution >= 4 is 11.6 Å². The minimum atomic E-state index is -0.254. The van der Waals surface area contributed by atoms with Gasteiger partial charge < -0.3 is 5.73 Å². The van der Waals surface area contributed by atoms with Gasteiger partial charge in [-0.3, -0.25) is 0 Å². The number of hydrogen-bond acceptors (Lipinski definition) is 1. The van der Waals surface area contributed by atoms with Crippen LogP contribution in [-0.4, -0.2) is 6.04 Å². The molecule has 0 amide bonds. The zero-order chi connectivity index (χ0) is 12.1. The minimum absolute atomic E-state index is 0.0571. The van der Waals surface area contributed by atoms with Crippen molar-refractivity contribution in [3.05, 3.63) is 34.6 Å². The third-order valence-corrected chi connectivity index (χ3v) is 2.97. The van der Waals surface area contributed by atoms with Gasteiger partial charge in [0, 0.05) is 11.1 Å². The molecule has 0 aliphatic carbocycles. The zero-order valence-corrected chi connectivity index (χ0v) is 10.6. The summed E-state index contributed by atoms with van der Waals surface area (Å²) < 4.78 is 13.0. The summed E-state index contributed by atoms with van der Waals surface area (Å²) in [5, 5.41) is 0.599. The summed E-state index contributed by atoms with van der Waals surface area (Å²) in [6.45, 7) is 4.34. The van der Waals surface area contributed by atoms with Crippen molar-refractivity contribution in [2.45, 2.75) is 39.2 Å². The molecule has 0 heterocycles. The topological polar surface area (TPSA) is 26.0 Å². The van der Waals surface area contributed by atoms with Gasteiger partial charge in [-0.2, -0.15) is 0 Å². The first-order valence-corrected chi connectivity index (χ1v) is 6.06. The largest absolute Gasteiger partial charge is 0.327 e. The first-order valence-electron chi connectivity index (χ1n) is 5.68. The summed E-state index contributed by atoms with van der Waals surface area (Å²) in [6, 6.07) is 4.48. The number of benzene rings is 1. The standard InChI is InChI=1S/C13H19ClFN/c1-9(2)3-5-12(16)8-10-7-11(15)4-6-13(10)14/h4,6-7,9,12H,3,5,8,16H2,1-2H3. The van der Waals surface area contributed by atoms with Crippen LogP contribution in [0.5, 0.6) is 0 Å². The van der Waals surface area contributed by atoms with Crippen molar-refractivity contribution < 1.29 is 4.39 Å². The molecule has 0 aliphatic heterocycles. The molecular formula is C13H19ClFN. The third-order valence-electron chi connectivity index (χ3n) is 2.60. The maximum absolute atomic E-state index is 13.0. The summed E-state index contributed by atoms with van der Waals surface area (Å²) >= 11 is 5.98. The Bertz CT molecular complexity index is 339. The molecule has 1 nitrogen and oxygen atoms in total. The van der Waals surface area contributed by atoms with E-state index in [9.17, 15) is 4.39 Å². The molecule has 3 heteroatoms. The molecule has 2 N–H and O–H groups in total. The predicted octanol–water partition coefficient (Wildman–Crippen LogP) is 3.79. The Balaban J connectivity index is 2.55. The van der Waals surface area contributed by atoms with Gasteiger partial charge >= 0.3 is 0 Å². The Morgan fingerprint density at radius 1 is 1.31 bits per heavy atom. The lowest BCUT2D eigenvalue weighted by Crippen LogP contribution is -2.23. The van der Waals surface area contributed by atoms with Gasteiger partial charge in [0.05, 0.1) is 0 Å². The van der Waals surface area contributed by atoms with Gasteiger partial charge in [-0.1, -0.05) is 25.4 Å². The Hall–Kier alpha value is -0.600. The maximum atomic E-state index is 13.0. The molecular weight excluding hydrogens is 225 g/mol. The van der Waals surface area contributed by atoms with E-state index in [1.54, 1.807) is 6.07 Å². The van der Waals surface area contributed by atoms with Crippen molar-refractivity contribution in [2.75, 3.05) is 0 Å². The molecule has 1 atom stereocenters. The number of nitrogens with two attached hydrogens (primary N) is 1. The molecule has 0 fully saturated rings. The molecule has 0 spiro atoms. The summed E-state index contributed by atoms with van der Waals surface area (Å²) in [5.74, 6) is 0.393. The first-order chi connectivity index (χ1) is 7.49. The van der Waals surface area contributed by atoms with E-state index >= 15 is 0 Å². The first kappa shape index (κ1) is 13.5. The molecule has 0 radical (unpaired) electrons. The summed E-state index contributed by atoms with van der Waals surface area (Å²) in [5.41, 5.74) is 6.80. The SMILES string of the molecule is CC(C)CCC(N)Cc1cc(F)ccc1Cl. The van der Waals surface area contributed by atoms with Gasteiger partial charge in [-0.25, -0.2) is 4.39 Å². The van der Waals surface area contributed by atoms with Crippen LogP contribution in [0.25, 0.3) is 0 Å². The predicted molar refractivity (Wildman–Crippen MR) is 67.2 cm³/mol. The van der Waals surface area contributed by atoms with Crippen LogP contribution < -0.4 is 5.73 Å². The van der Waals surface area contributed by atoms with Gasteiger partial charge in [0.15, 0.2) is 0 Å². The van der Waals surface area contributed by atoms with Crippen molar-refractivity contribution in [3.63, 3.8) is 0 Å². The van der Waals surface area contributed by atoms with Gasteiger partial charge in [-0.15, -0.1) is 0 Å². The fraction of sp³-hybridized carbons (Fsp3) is 0.538. The van der Waals surface area contributed by atoms with Gasteiger partial charge in [0.25, 0.3) is 0 Å².